The first-order valence-electron chi connectivity index (χ1n) is 5.46. The van der Waals surface area contributed by atoms with Crippen LogP contribution in [0.3, 0.4) is 0 Å². The van der Waals surface area contributed by atoms with Gasteiger partial charge in [-0.2, -0.15) is 0 Å². The summed E-state index contributed by atoms with van der Waals surface area (Å²) in [5.41, 5.74) is 6.20. The zero-order chi connectivity index (χ0) is 14.5. The molecule has 0 aliphatic heterocycles. The van der Waals surface area contributed by atoms with Crippen LogP contribution >= 0.6 is 0 Å². The van der Waals surface area contributed by atoms with Crippen LogP contribution in [0.4, 0.5) is 10.5 Å². The molecule has 2 amide bonds. The smallest absolute Gasteiger partial charge is 0.316 e. The van der Waals surface area contributed by atoms with Gasteiger partial charge in [-0.05, 0) is 24.1 Å². The van der Waals surface area contributed by atoms with Crippen LogP contribution in [-0.2, 0) is 16.3 Å². The minimum atomic E-state index is -3.25. The van der Waals surface area contributed by atoms with Crippen molar-refractivity contribution in [1.29, 1.82) is 0 Å². The molecule has 0 fully saturated rings. The van der Waals surface area contributed by atoms with Gasteiger partial charge in [-0.25, -0.2) is 13.2 Å². The van der Waals surface area contributed by atoms with Gasteiger partial charge in [-0.1, -0.05) is 12.6 Å². The maximum atomic E-state index is 11.3. The van der Waals surface area contributed by atoms with Crippen molar-refractivity contribution in [1.82, 2.24) is 0 Å². The van der Waals surface area contributed by atoms with E-state index in [4.69, 9.17) is 10.5 Å². The Balaban J connectivity index is 2.92. The highest BCUT2D eigenvalue weighted by Gasteiger charge is 2.09. The quantitative estimate of drug-likeness (QED) is 0.822. The predicted octanol–water partition coefficient (Wildman–Crippen LogP) is 1.29. The van der Waals surface area contributed by atoms with E-state index in [9.17, 15) is 13.2 Å². The third-order valence-corrected chi connectivity index (χ3v) is 3.73. The number of carbonyl (C=O) groups excluding carboxylic acids is 1. The molecule has 19 heavy (non-hydrogen) atoms. The predicted molar refractivity (Wildman–Crippen MR) is 73.9 cm³/mol. The Labute approximate surface area is 112 Å². The van der Waals surface area contributed by atoms with E-state index in [1.165, 1.54) is 7.11 Å². The number of rotatable bonds is 6. The number of primary amides is 1. The van der Waals surface area contributed by atoms with Gasteiger partial charge in [0.15, 0.2) is 9.84 Å². The van der Waals surface area contributed by atoms with Crippen LogP contribution in [0.25, 0.3) is 0 Å². The molecular formula is C12H16N2O4S. The first-order valence-corrected chi connectivity index (χ1v) is 7.18. The lowest BCUT2D eigenvalue weighted by Crippen LogP contribution is -2.19. The molecule has 3 N–H and O–H groups in total. The highest BCUT2D eigenvalue weighted by atomic mass is 32.2. The number of anilines is 1. The molecule has 1 rings (SSSR count). The Morgan fingerprint density at radius 1 is 1.53 bits per heavy atom. The number of ether oxygens (including phenoxy) is 1. The molecule has 104 valence electrons. The molecule has 0 unspecified atom stereocenters. The van der Waals surface area contributed by atoms with E-state index in [-0.39, 0.29) is 5.75 Å². The van der Waals surface area contributed by atoms with E-state index in [1.54, 1.807) is 18.2 Å². The number of benzene rings is 1. The monoisotopic (exact) mass is 284 g/mol. The van der Waals surface area contributed by atoms with Crippen LogP contribution in [-0.4, -0.2) is 27.3 Å². The van der Waals surface area contributed by atoms with Crippen molar-refractivity contribution in [2.45, 2.75) is 6.42 Å². The van der Waals surface area contributed by atoms with Gasteiger partial charge in [0, 0.05) is 5.41 Å². The Morgan fingerprint density at radius 2 is 2.21 bits per heavy atom. The largest absolute Gasteiger partial charge is 0.495 e. The topological polar surface area (TPSA) is 98.5 Å². The second-order valence-corrected chi connectivity index (χ2v) is 5.87. The molecule has 1 aromatic rings. The molecule has 6 nitrogen and oxygen atoms in total. The molecule has 0 aliphatic rings. The van der Waals surface area contributed by atoms with Gasteiger partial charge in [0.2, 0.25) is 0 Å². The van der Waals surface area contributed by atoms with Crippen molar-refractivity contribution in [3.8, 4) is 5.75 Å². The number of aryl methyl sites for hydroxylation is 1. The fourth-order valence-electron chi connectivity index (χ4n) is 1.48. The lowest BCUT2D eigenvalue weighted by molar-refractivity contribution is 0.259. The van der Waals surface area contributed by atoms with E-state index in [0.717, 1.165) is 11.0 Å². The fourth-order valence-corrected chi connectivity index (χ4v) is 2.17. The third kappa shape index (κ3) is 4.63. The number of nitrogens with two attached hydrogens (primary N) is 1. The summed E-state index contributed by atoms with van der Waals surface area (Å²) in [5, 5.41) is 3.35. The molecule has 0 bridgehead atoms. The molecule has 0 saturated carbocycles. The summed E-state index contributed by atoms with van der Waals surface area (Å²) < 4.78 is 27.7. The summed E-state index contributed by atoms with van der Waals surface area (Å²) in [5.74, 6) is 0.410. The maximum absolute atomic E-state index is 11.3. The molecular weight excluding hydrogens is 268 g/mol. The fraction of sp³-hybridized carbons (Fsp3) is 0.250. The summed E-state index contributed by atoms with van der Waals surface area (Å²) in [7, 11) is -1.79. The highest BCUT2D eigenvalue weighted by molar-refractivity contribution is 7.94. The van der Waals surface area contributed by atoms with Crippen LogP contribution in [0.1, 0.15) is 5.56 Å². The molecule has 0 aromatic heterocycles. The Hall–Kier alpha value is -2.02. The van der Waals surface area contributed by atoms with E-state index in [2.05, 4.69) is 11.9 Å². The van der Waals surface area contributed by atoms with Gasteiger partial charge in [0.25, 0.3) is 0 Å². The summed E-state index contributed by atoms with van der Waals surface area (Å²) in [4.78, 5) is 10.9. The zero-order valence-corrected chi connectivity index (χ0v) is 11.4. The van der Waals surface area contributed by atoms with Gasteiger partial charge >= 0.3 is 6.03 Å². The van der Waals surface area contributed by atoms with Crippen LogP contribution in [0.15, 0.2) is 30.2 Å². The second-order valence-electron chi connectivity index (χ2n) is 3.81. The van der Waals surface area contributed by atoms with E-state index in [0.29, 0.717) is 17.9 Å². The van der Waals surface area contributed by atoms with Crippen molar-refractivity contribution in [3.05, 3.63) is 35.7 Å². The van der Waals surface area contributed by atoms with Crippen LogP contribution in [0.2, 0.25) is 0 Å². The average molecular weight is 284 g/mol. The lowest BCUT2D eigenvalue weighted by atomic mass is 10.1. The number of hydrogen-bond donors (Lipinski definition) is 2. The third-order valence-electron chi connectivity index (χ3n) is 2.45. The van der Waals surface area contributed by atoms with Gasteiger partial charge in [0.05, 0.1) is 18.6 Å². The average Bonchev–Trinajstić information content (AvgIpc) is 2.36. The Kier molecular flexibility index (Phi) is 4.94. The SMILES string of the molecule is C=CS(=O)(=O)CCc1ccc(OC)c(NC(N)=O)c1. The van der Waals surface area contributed by atoms with Crippen LogP contribution < -0.4 is 15.8 Å². The normalized spacial score (nSPS) is 10.8. The molecule has 1 aromatic carbocycles. The molecule has 0 heterocycles. The van der Waals surface area contributed by atoms with Gasteiger partial charge in [0.1, 0.15) is 5.75 Å². The number of hydrogen-bond acceptors (Lipinski definition) is 4. The van der Waals surface area contributed by atoms with E-state index in [1.807, 2.05) is 0 Å². The van der Waals surface area contributed by atoms with Crippen molar-refractivity contribution < 1.29 is 17.9 Å². The Morgan fingerprint density at radius 3 is 2.74 bits per heavy atom. The molecule has 0 radical (unpaired) electrons. The minimum Gasteiger partial charge on any atom is -0.495 e. The van der Waals surface area contributed by atoms with Gasteiger partial charge in [-0.15, -0.1) is 0 Å². The number of nitrogens with one attached hydrogen (secondary N) is 1. The molecule has 0 aliphatic carbocycles. The Bertz CT molecular complexity index is 581. The lowest BCUT2D eigenvalue weighted by Gasteiger charge is -2.10. The summed E-state index contributed by atoms with van der Waals surface area (Å²) in [6.45, 7) is 3.25. The number of carbonyl (C=O) groups is 1. The number of methoxy groups -OCH3 is 1. The first kappa shape index (κ1) is 15.0. The zero-order valence-electron chi connectivity index (χ0n) is 10.5. The van der Waals surface area contributed by atoms with Gasteiger partial charge in [-0.3, -0.25) is 0 Å². The highest BCUT2D eigenvalue weighted by Crippen LogP contribution is 2.25. The minimum absolute atomic E-state index is 0.0428. The molecule has 7 heteroatoms. The van der Waals surface area contributed by atoms with E-state index >= 15 is 0 Å². The number of urea groups is 1. The molecule has 0 atom stereocenters. The second kappa shape index (κ2) is 6.24. The van der Waals surface area contributed by atoms with Gasteiger partial charge < -0.3 is 15.8 Å². The summed E-state index contributed by atoms with van der Waals surface area (Å²) >= 11 is 0. The standard InChI is InChI=1S/C12H16N2O4S/c1-3-19(16,17)7-6-9-4-5-11(18-2)10(8-9)14-12(13)15/h3-5,8H,1,6-7H2,2H3,(H3,13,14,15). The van der Waals surface area contributed by atoms with Crippen LogP contribution in [0, 0.1) is 0 Å². The van der Waals surface area contributed by atoms with Crippen molar-refractivity contribution in [2.24, 2.45) is 5.73 Å². The van der Waals surface area contributed by atoms with Crippen LogP contribution in [0.5, 0.6) is 5.75 Å². The van der Waals surface area contributed by atoms with Crippen molar-refractivity contribution in [3.63, 3.8) is 0 Å². The first-order chi connectivity index (χ1) is 8.88. The number of sulfone groups is 1. The summed E-state index contributed by atoms with van der Waals surface area (Å²) in [6.07, 6.45) is 0.311. The number of amides is 2. The van der Waals surface area contributed by atoms with Crippen molar-refractivity contribution >= 4 is 21.6 Å². The van der Waals surface area contributed by atoms with Crippen molar-refractivity contribution in [2.75, 3.05) is 18.2 Å². The molecule has 0 spiro atoms. The maximum Gasteiger partial charge on any atom is 0.316 e. The summed E-state index contributed by atoms with van der Waals surface area (Å²) in [6, 6.07) is 4.28. The molecule has 0 saturated heterocycles. The van der Waals surface area contributed by atoms with E-state index < -0.39 is 15.9 Å².